The van der Waals surface area contributed by atoms with Crippen LogP contribution in [-0.2, 0) is 16.6 Å². The van der Waals surface area contributed by atoms with E-state index in [2.05, 4.69) is 43.9 Å². The highest BCUT2D eigenvalue weighted by Gasteiger charge is 2.29. The van der Waals surface area contributed by atoms with Crippen LogP contribution in [0.25, 0.3) is 16.7 Å². The lowest BCUT2D eigenvalue weighted by Gasteiger charge is -2.35. The van der Waals surface area contributed by atoms with Crippen molar-refractivity contribution in [2.24, 2.45) is 0 Å². The first kappa shape index (κ1) is 29.0. The van der Waals surface area contributed by atoms with Crippen molar-refractivity contribution >= 4 is 38.4 Å². The minimum atomic E-state index is -3.57. The Morgan fingerprint density at radius 3 is 2.49 bits per heavy atom. The second-order valence-electron chi connectivity index (χ2n) is 11.8. The minimum absolute atomic E-state index is 0.260. The molecule has 1 saturated heterocycles. The summed E-state index contributed by atoms with van der Waals surface area (Å²) in [5.74, 6) is 0.0728. The first-order chi connectivity index (χ1) is 19.4. The number of rotatable bonds is 8. The molecule has 4 aromatic rings. The molecule has 0 spiro atoms. The first-order valence-electron chi connectivity index (χ1n) is 13.8. The number of nitrogens with one attached hydrogen (secondary N) is 2. The van der Waals surface area contributed by atoms with Crippen LogP contribution < -0.4 is 10.0 Å². The fourth-order valence-corrected chi connectivity index (χ4v) is 5.67. The quantitative estimate of drug-likeness (QED) is 0.290. The molecule has 3 heterocycles. The SMILES string of the molecule is CN(C)C1CCN(Cc2ccc(Nc3ncc4ccn(-c5cccc(NS(=O)(=O)C(C)(C)C)c5)c4n3)cc2F)CC1. The molecule has 1 fully saturated rings. The van der Waals surface area contributed by atoms with Crippen LogP contribution in [0.2, 0.25) is 0 Å². The zero-order valence-electron chi connectivity index (χ0n) is 24.2. The molecule has 0 bridgehead atoms. The Hall–Kier alpha value is -3.54. The summed E-state index contributed by atoms with van der Waals surface area (Å²) in [5.41, 5.74) is 3.07. The van der Waals surface area contributed by atoms with E-state index in [1.54, 1.807) is 45.2 Å². The summed E-state index contributed by atoms with van der Waals surface area (Å²) < 4.78 is 43.9. The van der Waals surface area contributed by atoms with E-state index < -0.39 is 14.8 Å². The third-order valence-electron chi connectivity index (χ3n) is 7.60. The van der Waals surface area contributed by atoms with Crippen molar-refractivity contribution in [3.05, 3.63) is 72.3 Å². The number of halogens is 1. The molecule has 41 heavy (non-hydrogen) atoms. The highest BCUT2D eigenvalue weighted by molar-refractivity contribution is 7.94. The molecule has 0 unspecified atom stereocenters. The van der Waals surface area contributed by atoms with Gasteiger partial charge in [-0.15, -0.1) is 0 Å². The van der Waals surface area contributed by atoms with E-state index in [-0.39, 0.29) is 5.82 Å². The number of hydrogen-bond acceptors (Lipinski definition) is 7. The predicted octanol–water partition coefficient (Wildman–Crippen LogP) is 5.37. The number of piperidine rings is 1. The lowest BCUT2D eigenvalue weighted by molar-refractivity contribution is 0.139. The number of fused-ring (bicyclic) bond motifs is 1. The third kappa shape index (κ3) is 6.52. The van der Waals surface area contributed by atoms with Crippen LogP contribution in [0.3, 0.4) is 0 Å². The monoisotopic (exact) mass is 579 g/mol. The summed E-state index contributed by atoms with van der Waals surface area (Å²) in [7, 11) is 0.657. The van der Waals surface area contributed by atoms with E-state index >= 15 is 4.39 Å². The van der Waals surface area contributed by atoms with Gasteiger partial charge in [0.2, 0.25) is 16.0 Å². The van der Waals surface area contributed by atoms with Gasteiger partial charge in [0.05, 0.1) is 10.4 Å². The molecule has 0 radical (unpaired) electrons. The Labute approximate surface area is 241 Å². The van der Waals surface area contributed by atoms with Crippen LogP contribution in [0.4, 0.5) is 21.7 Å². The molecule has 0 aliphatic carbocycles. The summed E-state index contributed by atoms with van der Waals surface area (Å²) in [5, 5.41) is 3.94. The standard InChI is InChI=1S/C30H38FN7O2S/c1-30(2,3)41(39,40)35-24-7-6-8-26(17-24)38-16-11-21-19-32-29(34-28(21)38)33-23-10-9-22(27(31)18-23)20-37-14-12-25(13-15-37)36(4)5/h6-11,16-19,25,35H,12-15,20H2,1-5H3,(H,32,33,34). The van der Waals surface area contributed by atoms with E-state index in [1.807, 2.05) is 35.0 Å². The Morgan fingerprint density at radius 1 is 1.05 bits per heavy atom. The van der Waals surface area contributed by atoms with Crippen LogP contribution in [0.5, 0.6) is 0 Å². The fraction of sp³-hybridized carbons (Fsp3) is 0.400. The van der Waals surface area contributed by atoms with E-state index in [1.165, 1.54) is 6.07 Å². The summed E-state index contributed by atoms with van der Waals surface area (Å²) >= 11 is 0. The lowest BCUT2D eigenvalue weighted by Crippen LogP contribution is -2.41. The molecular formula is C30H38FN7O2S. The van der Waals surface area contributed by atoms with Crippen LogP contribution in [0.15, 0.2) is 60.9 Å². The Balaban J connectivity index is 1.31. The maximum Gasteiger partial charge on any atom is 0.237 e. The van der Waals surface area contributed by atoms with Gasteiger partial charge in [-0.05, 0) is 97.2 Å². The highest BCUT2D eigenvalue weighted by atomic mass is 32.2. The van der Waals surface area contributed by atoms with Crippen molar-refractivity contribution in [1.29, 1.82) is 0 Å². The molecule has 0 atom stereocenters. The summed E-state index contributed by atoms with van der Waals surface area (Å²) in [6.07, 6.45) is 5.74. The number of benzene rings is 2. The second-order valence-corrected chi connectivity index (χ2v) is 14.3. The molecule has 9 nitrogen and oxygen atoms in total. The molecule has 11 heteroatoms. The van der Waals surface area contributed by atoms with Gasteiger partial charge < -0.3 is 14.8 Å². The fourth-order valence-electron chi connectivity index (χ4n) is 4.93. The number of anilines is 3. The zero-order chi connectivity index (χ0) is 29.4. The molecular weight excluding hydrogens is 541 g/mol. The summed E-state index contributed by atoms with van der Waals surface area (Å²) in [6, 6.07) is 14.8. The number of aromatic nitrogens is 3. The highest BCUT2D eigenvalue weighted by Crippen LogP contribution is 2.26. The van der Waals surface area contributed by atoms with E-state index in [9.17, 15) is 8.42 Å². The van der Waals surface area contributed by atoms with E-state index in [0.29, 0.717) is 41.1 Å². The average molecular weight is 580 g/mol. The van der Waals surface area contributed by atoms with Crippen molar-refractivity contribution in [3.63, 3.8) is 0 Å². The molecule has 1 aliphatic rings. The topological polar surface area (TPSA) is 95.4 Å². The molecule has 2 N–H and O–H groups in total. The maximum atomic E-state index is 15.1. The first-order valence-corrected chi connectivity index (χ1v) is 15.3. The number of likely N-dealkylation sites (tertiary alicyclic amines) is 1. The average Bonchev–Trinajstić information content (AvgIpc) is 3.33. The Morgan fingerprint density at radius 2 is 1.80 bits per heavy atom. The summed E-state index contributed by atoms with van der Waals surface area (Å²) in [4.78, 5) is 13.7. The Bertz CT molecular complexity index is 1640. The zero-order valence-corrected chi connectivity index (χ0v) is 25.0. The maximum absolute atomic E-state index is 15.1. The van der Waals surface area contributed by atoms with Gasteiger partial charge in [-0.1, -0.05) is 12.1 Å². The van der Waals surface area contributed by atoms with Gasteiger partial charge in [0, 0.05) is 47.3 Å². The van der Waals surface area contributed by atoms with Crippen LogP contribution in [0.1, 0.15) is 39.2 Å². The molecule has 2 aromatic heterocycles. The van der Waals surface area contributed by atoms with Gasteiger partial charge in [0.25, 0.3) is 0 Å². The largest absolute Gasteiger partial charge is 0.324 e. The van der Waals surface area contributed by atoms with Crippen molar-refractivity contribution < 1.29 is 12.8 Å². The van der Waals surface area contributed by atoms with Gasteiger partial charge in [0.1, 0.15) is 11.5 Å². The van der Waals surface area contributed by atoms with E-state index in [4.69, 9.17) is 0 Å². The van der Waals surface area contributed by atoms with Gasteiger partial charge in [-0.3, -0.25) is 9.62 Å². The van der Waals surface area contributed by atoms with Crippen LogP contribution >= 0.6 is 0 Å². The summed E-state index contributed by atoms with van der Waals surface area (Å²) in [6.45, 7) is 7.46. The van der Waals surface area contributed by atoms with Crippen molar-refractivity contribution in [1.82, 2.24) is 24.3 Å². The van der Waals surface area contributed by atoms with Gasteiger partial charge in [-0.2, -0.15) is 4.98 Å². The predicted molar refractivity (Wildman–Crippen MR) is 163 cm³/mol. The molecule has 0 saturated carbocycles. The van der Waals surface area contributed by atoms with Gasteiger partial charge in [-0.25, -0.2) is 17.8 Å². The third-order valence-corrected chi connectivity index (χ3v) is 9.72. The molecule has 1 aliphatic heterocycles. The molecule has 5 rings (SSSR count). The van der Waals surface area contributed by atoms with Crippen molar-refractivity contribution in [2.75, 3.05) is 37.2 Å². The van der Waals surface area contributed by atoms with Crippen molar-refractivity contribution in [2.45, 2.75) is 50.9 Å². The normalized spacial score (nSPS) is 15.5. The van der Waals surface area contributed by atoms with Gasteiger partial charge >= 0.3 is 0 Å². The molecule has 218 valence electrons. The lowest BCUT2D eigenvalue weighted by atomic mass is 10.0. The van der Waals surface area contributed by atoms with Crippen LogP contribution in [0, 0.1) is 5.82 Å². The minimum Gasteiger partial charge on any atom is -0.324 e. The Kier molecular flexibility index (Phi) is 8.04. The molecule has 2 aromatic carbocycles. The number of nitrogens with zero attached hydrogens (tertiary/aromatic N) is 5. The van der Waals surface area contributed by atoms with Crippen LogP contribution in [-0.4, -0.2) is 70.7 Å². The number of hydrogen-bond donors (Lipinski definition) is 2. The second kappa shape index (κ2) is 11.4. The van der Waals surface area contributed by atoms with Gasteiger partial charge in [0.15, 0.2) is 0 Å². The smallest absolute Gasteiger partial charge is 0.237 e. The number of sulfonamides is 1. The van der Waals surface area contributed by atoms with E-state index in [0.717, 1.165) is 37.0 Å². The molecule has 0 amide bonds. The van der Waals surface area contributed by atoms with Crippen molar-refractivity contribution in [3.8, 4) is 5.69 Å².